The lowest BCUT2D eigenvalue weighted by Gasteiger charge is -2.35. The van der Waals surface area contributed by atoms with Crippen molar-refractivity contribution >= 4 is 17.5 Å². The molecule has 1 heterocycles. The van der Waals surface area contributed by atoms with E-state index in [1.165, 1.54) is 6.42 Å². The number of amides is 2. The fourth-order valence-electron chi connectivity index (χ4n) is 3.18. The molecule has 1 aliphatic rings. The fourth-order valence-corrected chi connectivity index (χ4v) is 3.18. The second kappa shape index (κ2) is 7.97. The average molecular weight is 302 g/mol. The van der Waals surface area contributed by atoms with Crippen molar-refractivity contribution in [1.82, 2.24) is 4.90 Å². The number of carbonyl (C=O) groups is 2. The van der Waals surface area contributed by atoms with Crippen LogP contribution >= 0.6 is 0 Å². The van der Waals surface area contributed by atoms with Gasteiger partial charge < -0.3 is 9.80 Å². The molecule has 2 rings (SSSR count). The number of hydrogen-bond acceptors (Lipinski definition) is 2. The van der Waals surface area contributed by atoms with E-state index in [9.17, 15) is 9.59 Å². The molecule has 1 aromatic carbocycles. The molecule has 0 N–H and O–H groups in total. The average Bonchev–Trinajstić information content (AvgIpc) is 2.55. The minimum Gasteiger partial charge on any atom is -0.340 e. The Hall–Kier alpha value is -1.84. The first-order valence-electron chi connectivity index (χ1n) is 8.26. The maximum Gasteiger partial charge on any atom is 0.224 e. The van der Waals surface area contributed by atoms with Crippen LogP contribution in [0.1, 0.15) is 46.0 Å². The number of carbonyl (C=O) groups excluding carboxylic acids is 2. The minimum absolute atomic E-state index is 0.0234. The highest BCUT2D eigenvalue weighted by Crippen LogP contribution is 2.21. The van der Waals surface area contributed by atoms with Crippen molar-refractivity contribution in [2.75, 3.05) is 18.0 Å². The van der Waals surface area contributed by atoms with Gasteiger partial charge in [0.25, 0.3) is 0 Å². The summed E-state index contributed by atoms with van der Waals surface area (Å²) < 4.78 is 0. The van der Waals surface area contributed by atoms with Gasteiger partial charge in [0.1, 0.15) is 0 Å². The molecule has 0 saturated carbocycles. The van der Waals surface area contributed by atoms with Crippen LogP contribution in [0.2, 0.25) is 0 Å². The standard InChI is InChI=1S/C18H26N2O2/c1-3-16-9-7-8-13-20(16)18(22)12-14-19(15(2)21)17-10-5-4-6-11-17/h4-6,10-11,16H,3,7-9,12-14H2,1-2H3. The third-order valence-corrected chi connectivity index (χ3v) is 4.42. The van der Waals surface area contributed by atoms with Gasteiger partial charge in [0.15, 0.2) is 0 Å². The van der Waals surface area contributed by atoms with Crippen molar-refractivity contribution in [2.24, 2.45) is 0 Å². The lowest BCUT2D eigenvalue weighted by Crippen LogP contribution is -2.44. The molecule has 22 heavy (non-hydrogen) atoms. The summed E-state index contributed by atoms with van der Waals surface area (Å²) in [5, 5.41) is 0. The van der Waals surface area contributed by atoms with Gasteiger partial charge in [-0.2, -0.15) is 0 Å². The molecule has 1 aliphatic heterocycles. The summed E-state index contributed by atoms with van der Waals surface area (Å²) in [6.45, 7) is 5.00. The molecule has 1 saturated heterocycles. The second-order valence-corrected chi connectivity index (χ2v) is 5.90. The zero-order valence-electron chi connectivity index (χ0n) is 13.6. The molecule has 1 atom stereocenters. The molecule has 2 amide bonds. The summed E-state index contributed by atoms with van der Waals surface area (Å²) in [7, 11) is 0. The summed E-state index contributed by atoms with van der Waals surface area (Å²) in [6, 6.07) is 9.93. The van der Waals surface area contributed by atoms with Crippen molar-refractivity contribution in [3.63, 3.8) is 0 Å². The Bertz CT molecular complexity index is 501. The number of nitrogens with zero attached hydrogens (tertiary/aromatic N) is 2. The third kappa shape index (κ3) is 4.09. The number of anilines is 1. The number of likely N-dealkylation sites (tertiary alicyclic amines) is 1. The molecule has 0 bridgehead atoms. The topological polar surface area (TPSA) is 40.6 Å². The van der Waals surface area contributed by atoms with Gasteiger partial charge in [0.2, 0.25) is 11.8 Å². The monoisotopic (exact) mass is 302 g/mol. The van der Waals surface area contributed by atoms with Crippen LogP contribution in [-0.4, -0.2) is 35.8 Å². The minimum atomic E-state index is -0.0234. The first-order chi connectivity index (χ1) is 10.6. The summed E-state index contributed by atoms with van der Waals surface area (Å²) in [4.78, 5) is 28.1. The molecule has 0 aliphatic carbocycles. The highest BCUT2D eigenvalue weighted by atomic mass is 16.2. The molecule has 4 heteroatoms. The van der Waals surface area contributed by atoms with E-state index in [2.05, 4.69) is 6.92 Å². The van der Waals surface area contributed by atoms with E-state index in [-0.39, 0.29) is 11.8 Å². The van der Waals surface area contributed by atoms with Crippen LogP contribution in [0.4, 0.5) is 5.69 Å². The van der Waals surface area contributed by atoms with Crippen LogP contribution in [0, 0.1) is 0 Å². The molecule has 1 fully saturated rings. The van der Waals surface area contributed by atoms with E-state index >= 15 is 0 Å². The van der Waals surface area contributed by atoms with Crippen LogP contribution in [0.15, 0.2) is 30.3 Å². The normalized spacial score (nSPS) is 18.1. The van der Waals surface area contributed by atoms with Crippen molar-refractivity contribution in [3.8, 4) is 0 Å². The number of piperidine rings is 1. The molecule has 1 unspecified atom stereocenters. The van der Waals surface area contributed by atoms with Crippen molar-refractivity contribution < 1.29 is 9.59 Å². The van der Waals surface area contributed by atoms with Gasteiger partial charge in [-0.1, -0.05) is 25.1 Å². The Balaban J connectivity index is 1.97. The Morgan fingerprint density at radius 3 is 2.59 bits per heavy atom. The Morgan fingerprint density at radius 2 is 1.95 bits per heavy atom. The molecule has 0 radical (unpaired) electrons. The first kappa shape index (κ1) is 16.5. The Labute approximate surface area is 133 Å². The van der Waals surface area contributed by atoms with E-state index in [4.69, 9.17) is 0 Å². The maximum atomic E-state index is 12.5. The summed E-state index contributed by atoms with van der Waals surface area (Å²) in [5.41, 5.74) is 0.855. The Morgan fingerprint density at radius 1 is 1.23 bits per heavy atom. The van der Waals surface area contributed by atoms with Crippen LogP contribution in [0.3, 0.4) is 0 Å². The fraction of sp³-hybridized carbons (Fsp3) is 0.556. The van der Waals surface area contributed by atoms with Crippen molar-refractivity contribution in [2.45, 2.75) is 52.0 Å². The largest absolute Gasteiger partial charge is 0.340 e. The predicted molar refractivity (Wildman–Crippen MR) is 88.7 cm³/mol. The number of benzene rings is 1. The Kier molecular flexibility index (Phi) is 5.99. The van der Waals surface area contributed by atoms with Crippen LogP contribution in [0.25, 0.3) is 0 Å². The highest BCUT2D eigenvalue weighted by molar-refractivity contribution is 5.92. The molecule has 120 valence electrons. The summed E-state index contributed by atoms with van der Waals surface area (Å²) in [5.74, 6) is 0.151. The van der Waals surface area contributed by atoms with Crippen LogP contribution in [-0.2, 0) is 9.59 Å². The van der Waals surface area contributed by atoms with Gasteiger partial charge in [0, 0.05) is 38.2 Å². The van der Waals surface area contributed by atoms with E-state index in [0.717, 1.165) is 31.5 Å². The lowest BCUT2D eigenvalue weighted by atomic mass is 9.99. The van der Waals surface area contributed by atoms with Gasteiger partial charge in [-0.3, -0.25) is 9.59 Å². The zero-order valence-corrected chi connectivity index (χ0v) is 13.6. The summed E-state index contributed by atoms with van der Waals surface area (Å²) in [6.07, 6.45) is 4.83. The quantitative estimate of drug-likeness (QED) is 0.838. The predicted octanol–water partition coefficient (Wildman–Crippen LogP) is 3.22. The molecular formula is C18H26N2O2. The third-order valence-electron chi connectivity index (χ3n) is 4.42. The van der Waals surface area contributed by atoms with Crippen LogP contribution in [0.5, 0.6) is 0 Å². The second-order valence-electron chi connectivity index (χ2n) is 5.90. The van der Waals surface area contributed by atoms with E-state index in [1.54, 1.807) is 11.8 Å². The highest BCUT2D eigenvalue weighted by Gasteiger charge is 2.25. The van der Waals surface area contributed by atoms with E-state index in [1.807, 2.05) is 35.2 Å². The van der Waals surface area contributed by atoms with E-state index < -0.39 is 0 Å². The van der Waals surface area contributed by atoms with Gasteiger partial charge in [0.05, 0.1) is 0 Å². The van der Waals surface area contributed by atoms with Gasteiger partial charge in [-0.15, -0.1) is 0 Å². The van der Waals surface area contributed by atoms with Gasteiger partial charge in [-0.05, 0) is 37.8 Å². The molecular weight excluding hydrogens is 276 g/mol. The lowest BCUT2D eigenvalue weighted by molar-refractivity contribution is -0.134. The van der Waals surface area contributed by atoms with Crippen LogP contribution < -0.4 is 4.90 Å². The molecule has 1 aromatic rings. The van der Waals surface area contributed by atoms with E-state index in [0.29, 0.717) is 19.0 Å². The van der Waals surface area contributed by atoms with Crippen molar-refractivity contribution in [1.29, 1.82) is 0 Å². The SMILES string of the molecule is CCC1CCCCN1C(=O)CCN(C(C)=O)c1ccccc1. The molecule has 4 nitrogen and oxygen atoms in total. The number of hydrogen-bond donors (Lipinski definition) is 0. The van der Waals surface area contributed by atoms with Gasteiger partial charge in [-0.25, -0.2) is 0 Å². The zero-order chi connectivity index (χ0) is 15.9. The molecule has 0 aromatic heterocycles. The number of rotatable bonds is 5. The van der Waals surface area contributed by atoms with Gasteiger partial charge >= 0.3 is 0 Å². The molecule has 0 spiro atoms. The van der Waals surface area contributed by atoms with Crippen molar-refractivity contribution in [3.05, 3.63) is 30.3 Å². The smallest absolute Gasteiger partial charge is 0.224 e. The maximum absolute atomic E-state index is 12.5. The number of para-hydroxylation sites is 1. The summed E-state index contributed by atoms with van der Waals surface area (Å²) >= 11 is 0. The first-order valence-corrected chi connectivity index (χ1v) is 8.26.